The van der Waals surface area contributed by atoms with Crippen LogP contribution in [0.2, 0.25) is 10.0 Å². The topological polar surface area (TPSA) is 88.9 Å². The number of nitrogens with zero attached hydrogens (tertiary/aromatic N) is 3. The van der Waals surface area contributed by atoms with Crippen molar-refractivity contribution in [2.24, 2.45) is 0 Å². The predicted molar refractivity (Wildman–Crippen MR) is 86.8 cm³/mol. The number of aryl methyl sites for hydroxylation is 1. The van der Waals surface area contributed by atoms with Gasteiger partial charge in [0.1, 0.15) is 6.04 Å². The van der Waals surface area contributed by atoms with Crippen LogP contribution in [0.4, 0.5) is 11.6 Å². The number of hydrogen-bond acceptors (Lipinski definition) is 4. The Labute approximate surface area is 142 Å². The Balaban J connectivity index is 1.74. The van der Waals surface area contributed by atoms with Gasteiger partial charge in [0, 0.05) is 6.42 Å². The third-order valence-electron chi connectivity index (χ3n) is 3.43. The van der Waals surface area contributed by atoms with Crippen LogP contribution < -0.4 is 10.6 Å². The molecule has 2 heterocycles. The third-order valence-corrected chi connectivity index (χ3v) is 4.25. The minimum Gasteiger partial charge on any atom is -0.325 e. The van der Waals surface area contributed by atoms with E-state index in [1.165, 1.54) is 4.68 Å². The first-order valence-corrected chi connectivity index (χ1v) is 7.75. The first-order valence-electron chi connectivity index (χ1n) is 6.99. The van der Waals surface area contributed by atoms with Gasteiger partial charge in [-0.2, -0.15) is 10.1 Å². The van der Waals surface area contributed by atoms with Crippen molar-refractivity contribution in [2.75, 3.05) is 10.6 Å². The summed E-state index contributed by atoms with van der Waals surface area (Å²) in [6, 6.07) is 4.21. The average molecular weight is 354 g/mol. The van der Waals surface area contributed by atoms with E-state index in [4.69, 9.17) is 23.2 Å². The van der Waals surface area contributed by atoms with Crippen LogP contribution in [-0.4, -0.2) is 26.6 Å². The summed E-state index contributed by atoms with van der Waals surface area (Å²) in [5.74, 6) is 0.305. The number of benzene rings is 1. The number of anilines is 2. The van der Waals surface area contributed by atoms with Gasteiger partial charge in [0.25, 0.3) is 5.91 Å². The van der Waals surface area contributed by atoms with E-state index in [-0.39, 0.29) is 23.3 Å². The molecule has 1 aromatic carbocycles. The highest BCUT2D eigenvalue weighted by Crippen LogP contribution is 2.30. The van der Waals surface area contributed by atoms with E-state index < -0.39 is 6.04 Å². The molecule has 2 N–H and O–H groups in total. The van der Waals surface area contributed by atoms with Gasteiger partial charge in [-0.25, -0.2) is 4.68 Å². The molecular weight excluding hydrogens is 341 g/mol. The Kier molecular flexibility index (Phi) is 4.23. The van der Waals surface area contributed by atoms with Crippen molar-refractivity contribution >= 4 is 46.7 Å². The predicted octanol–water partition coefficient (Wildman–Crippen LogP) is 2.67. The van der Waals surface area contributed by atoms with E-state index in [0.717, 1.165) is 0 Å². The van der Waals surface area contributed by atoms with Crippen molar-refractivity contribution in [2.45, 2.75) is 25.8 Å². The molecule has 1 aliphatic rings. The molecule has 0 bridgehead atoms. The highest BCUT2D eigenvalue weighted by Gasteiger charge is 2.34. The fourth-order valence-corrected chi connectivity index (χ4v) is 2.63. The van der Waals surface area contributed by atoms with Gasteiger partial charge in [-0.15, -0.1) is 0 Å². The lowest BCUT2D eigenvalue weighted by Crippen LogP contribution is -2.24. The largest absolute Gasteiger partial charge is 0.325 e. The number of amides is 2. The molecule has 1 aromatic heterocycles. The first kappa shape index (κ1) is 15.8. The second-order valence-corrected chi connectivity index (χ2v) is 5.79. The molecular formula is C14H13Cl2N5O2. The van der Waals surface area contributed by atoms with E-state index in [2.05, 4.69) is 20.7 Å². The molecule has 0 saturated carbocycles. The number of carbonyl (C=O) groups is 2. The Morgan fingerprint density at radius 3 is 2.96 bits per heavy atom. The Morgan fingerprint density at radius 2 is 2.22 bits per heavy atom. The van der Waals surface area contributed by atoms with Crippen molar-refractivity contribution in [1.29, 1.82) is 0 Å². The minimum atomic E-state index is -0.726. The average Bonchev–Trinajstić information content (AvgIpc) is 3.03. The molecule has 2 amide bonds. The number of fused-ring (bicyclic) bond motifs is 1. The van der Waals surface area contributed by atoms with Crippen molar-refractivity contribution in [3.05, 3.63) is 34.1 Å². The van der Waals surface area contributed by atoms with Gasteiger partial charge in [-0.3, -0.25) is 14.9 Å². The summed E-state index contributed by atoms with van der Waals surface area (Å²) in [7, 11) is 0. The summed E-state index contributed by atoms with van der Waals surface area (Å²) in [5.41, 5.74) is 0.399. The molecule has 0 radical (unpaired) electrons. The van der Waals surface area contributed by atoms with Crippen LogP contribution in [0.15, 0.2) is 18.2 Å². The van der Waals surface area contributed by atoms with Gasteiger partial charge in [-0.05, 0) is 12.1 Å². The summed E-state index contributed by atoms with van der Waals surface area (Å²) in [4.78, 5) is 28.3. The molecule has 0 spiro atoms. The summed E-state index contributed by atoms with van der Waals surface area (Å²) in [6.07, 6.45) is 0.571. The molecule has 0 aliphatic carbocycles. The van der Waals surface area contributed by atoms with E-state index in [9.17, 15) is 9.59 Å². The second-order valence-electron chi connectivity index (χ2n) is 5.01. The molecule has 9 heteroatoms. The number of carbonyl (C=O) groups excluding carboxylic acids is 2. The number of hydrogen-bond donors (Lipinski definition) is 2. The van der Waals surface area contributed by atoms with Gasteiger partial charge in [0.05, 0.1) is 22.2 Å². The zero-order valence-electron chi connectivity index (χ0n) is 12.1. The van der Waals surface area contributed by atoms with E-state index in [1.54, 1.807) is 18.2 Å². The van der Waals surface area contributed by atoms with Gasteiger partial charge in [0.2, 0.25) is 11.9 Å². The van der Waals surface area contributed by atoms with Crippen molar-refractivity contribution in [1.82, 2.24) is 14.8 Å². The van der Waals surface area contributed by atoms with Crippen LogP contribution in [0, 0.1) is 0 Å². The van der Waals surface area contributed by atoms with E-state index in [1.807, 2.05) is 6.92 Å². The molecule has 1 atom stereocenters. The molecule has 0 saturated heterocycles. The number of aromatic nitrogens is 3. The lowest BCUT2D eigenvalue weighted by Gasteiger charge is -2.11. The van der Waals surface area contributed by atoms with E-state index >= 15 is 0 Å². The van der Waals surface area contributed by atoms with Crippen molar-refractivity contribution < 1.29 is 9.59 Å². The lowest BCUT2D eigenvalue weighted by atomic mass is 10.2. The maximum atomic E-state index is 12.2. The summed E-state index contributed by atoms with van der Waals surface area (Å²) >= 11 is 11.9. The van der Waals surface area contributed by atoms with E-state index in [0.29, 0.717) is 28.9 Å². The zero-order chi connectivity index (χ0) is 16.6. The second kappa shape index (κ2) is 6.17. The van der Waals surface area contributed by atoms with Gasteiger partial charge >= 0.3 is 0 Å². The summed E-state index contributed by atoms with van der Waals surface area (Å²) < 4.78 is 1.44. The van der Waals surface area contributed by atoms with Gasteiger partial charge in [-0.1, -0.05) is 36.2 Å². The fraction of sp³-hybridized carbons (Fsp3) is 0.286. The monoisotopic (exact) mass is 353 g/mol. The number of nitrogens with one attached hydrogen (secondary N) is 2. The van der Waals surface area contributed by atoms with Gasteiger partial charge < -0.3 is 5.32 Å². The first-order chi connectivity index (χ1) is 11.0. The Morgan fingerprint density at radius 1 is 1.43 bits per heavy atom. The highest BCUT2D eigenvalue weighted by atomic mass is 35.5. The molecule has 7 nitrogen and oxygen atoms in total. The van der Waals surface area contributed by atoms with Gasteiger partial charge in [0.15, 0.2) is 5.82 Å². The molecule has 1 aliphatic heterocycles. The molecule has 3 rings (SSSR count). The van der Waals surface area contributed by atoms with Crippen LogP contribution in [0.25, 0.3) is 0 Å². The molecule has 0 unspecified atom stereocenters. The molecule has 120 valence electrons. The quantitative estimate of drug-likeness (QED) is 0.884. The smallest absolute Gasteiger partial charge is 0.252 e. The van der Waals surface area contributed by atoms with Crippen LogP contribution in [0.1, 0.15) is 25.2 Å². The molecule has 23 heavy (non-hydrogen) atoms. The third kappa shape index (κ3) is 3.02. The van der Waals surface area contributed by atoms with Crippen LogP contribution in [-0.2, 0) is 16.0 Å². The summed E-state index contributed by atoms with van der Waals surface area (Å²) in [5, 5.41) is 10.1. The highest BCUT2D eigenvalue weighted by molar-refractivity contribution is 6.44. The van der Waals surface area contributed by atoms with Crippen LogP contribution in [0.5, 0.6) is 0 Å². The maximum Gasteiger partial charge on any atom is 0.252 e. The number of halogens is 2. The lowest BCUT2D eigenvalue weighted by molar-refractivity contribution is -0.123. The molecule has 0 fully saturated rings. The van der Waals surface area contributed by atoms with Crippen molar-refractivity contribution in [3.8, 4) is 0 Å². The Bertz CT molecular complexity index is 789. The minimum absolute atomic E-state index is 0.0752. The molecule has 2 aromatic rings. The Hall–Kier alpha value is -2.12. The standard InChI is InChI=1S/C14H13Cl2N5O2/c1-2-10-18-14-19-13(23)9(21(14)20-10)6-11(22)17-8-5-3-4-7(15)12(8)16/h3-5,9H,2,6H2,1H3,(H,17,22)(H,18,19,20,23)/t9-/m1/s1. The zero-order valence-corrected chi connectivity index (χ0v) is 13.6. The van der Waals surface area contributed by atoms with Crippen molar-refractivity contribution in [3.63, 3.8) is 0 Å². The normalized spacial score (nSPS) is 16.1. The maximum absolute atomic E-state index is 12.2. The van der Waals surface area contributed by atoms with Crippen LogP contribution >= 0.6 is 23.2 Å². The SMILES string of the molecule is CCc1nc2n(n1)[C@H](CC(=O)Nc1cccc(Cl)c1Cl)C(=O)N2. The number of rotatable bonds is 4. The fourth-order valence-electron chi connectivity index (χ4n) is 2.28. The van der Waals surface area contributed by atoms with Crippen LogP contribution in [0.3, 0.4) is 0 Å². The summed E-state index contributed by atoms with van der Waals surface area (Å²) in [6.45, 7) is 1.91.